The second kappa shape index (κ2) is 4.69. The van der Waals surface area contributed by atoms with Crippen LogP contribution in [-0.2, 0) is 6.42 Å². The summed E-state index contributed by atoms with van der Waals surface area (Å²) in [5, 5.41) is 0. The first kappa shape index (κ1) is 12.1. The van der Waals surface area contributed by atoms with Crippen LogP contribution in [0.5, 0.6) is 0 Å². The van der Waals surface area contributed by atoms with Gasteiger partial charge in [-0.3, -0.25) is 0 Å². The summed E-state index contributed by atoms with van der Waals surface area (Å²) in [5.41, 5.74) is 1.32. The molecular weight excluding hydrogens is 201 g/mol. The number of alkyl halides is 3. The molecule has 0 amide bonds. The molecule has 1 aliphatic rings. The fraction of sp³-hybridized carbons (Fsp3) is 0.500. The van der Waals surface area contributed by atoms with Gasteiger partial charge in [0, 0.05) is 0 Å². The van der Waals surface area contributed by atoms with Gasteiger partial charge in [0.25, 0.3) is 0 Å². The number of hydrogen-bond donors (Lipinski definition) is 0. The van der Waals surface area contributed by atoms with Crippen molar-refractivity contribution in [3.05, 3.63) is 35.4 Å². The summed E-state index contributed by atoms with van der Waals surface area (Å²) in [7, 11) is 0. The van der Waals surface area contributed by atoms with E-state index in [-0.39, 0.29) is 6.42 Å². The average molecular weight is 216 g/mol. The van der Waals surface area contributed by atoms with Gasteiger partial charge in [-0.05, 0) is 24.0 Å². The Hall–Kier alpha value is -0.990. The molecule has 0 spiro atoms. The molecule has 0 fully saturated rings. The number of aryl methyl sites for hydroxylation is 1. The molecule has 84 valence electrons. The molecule has 1 unspecified atom stereocenters. The Balaban J connectivity index is 0.000000531. The third kappa shape index (κ3) is 2.52. The lowest BCUT2D eigenvalue weighted by molar-refractivity contribution is -0.149. The lowest BCUT2D eigenvalue weighted by Crippen LogP contribution is -2.18. The lowest BCUT2D eigenvalue weighted by Gasteiger charge is -2.15. The number of benzene rings is 1. The van der Waals surface area contributed by atoms with Crippen LogP contribution in [0.2, 0.25) is 0 Å². The summed E-state index contributed by atoms with van der Waals surface area (Å²) in [6.45, 7) is 4.00. The second-order valence-electron chi connectivity index (χ2n) is 3.33. The Morgan fingerprint density at radius 2 is 1.73 bits per heavy atom. The predicted octanol–water partition coefficient (Wildman–Crippen LogP) is 4.30. The topological polar surface area (TPSA) is 0 Å². The Bertz CT molecular complexity index is 315. The molecule has 0 bridgehead atoms. The van der Waals surface area contributed by atoms with Crippen molar-refractivity contribution in [3.63, 3.8) is 0 Å². The van der Waals surface area contributed by atoms with E-state index in [1.165, 1.54) is 0 Å². The maximum Gasteiger partial charge on any atom is 0.395 e. The number of fused-ring (bicyclic) bond motifs is 1. The van der Waals surface area contributed by atoms with Crippen molar-refractivity contribution in [1.82, 2.24) is 0 Å². The van der Waals surface area contributed by atoms with Gasteiger partial charge in [-0.25, -0.2) is 0 Å². The number of halogens is 3. The highest BCUT2D eigenvalue weighted by Gasteiger charge is 2.43. The third-order valence-corrected chi connectivity index (χ3v) is 2.53. The molecule has 0 nitrogen and oxygen atoms in total. The molecule has 1 atom stereocenters. The molecular formula is C12H15F3. The van der Waals surface area contributed by atoms with Crippen LogP contribution in [0, 0.1) is 0 Å². The molecule has 0 N–H and O–H groups in total. The first-order chi connectivity index (χ1) is 7.09. The van der Waals surface area contributed by atoms with Crippen LogP contribution in [0.3, 0.4) is 0 Å². The number of hydrogen-bond acceptors (Lipinski definition) is 0. The van der Waals surface area contributed by atoms with Crippen molar-refractivity contribution in [2.45, 2.75) is 38.8 Å². The molecule has 0 saturated carbocycles. The van der Waals surface area contributed by atoms with Gasteiger partial charge in [0.2, 0.25) is 0 Å². The van der Waals surface area contributed by atoms with Crippen LogP contribution >= 0.6 is 0 Å². The van der Waals surface area contributed by atoms with E-state index >= 15 is 0 Å². The van der Waals surface area contributed by atoms with E-state index in [0.717, 1.165) is 5.56 Å². The van der Waals surface area contributed by atoms with Crippen LogP contribution in [0.25, 0.3) is 0 Å². The minimum Gasteiger partial charge on any atom is -0.170 e. The van der Waals surface area contributed by atoms with Gasteiger partial charge >= 0.3 is 6.18 Å². The molecule has 1 aromatic rings. The Morgan fingerprint density at radius 1 is 1.13 bits per heavy atom. The molecule has 1 aromatic carbocycles. The van der Waals surface area contributed by atoms with E-state index in [9.17, 15) is 13.2 Å². The van der Waals surface area contributed by atoms with Gasteiger partial charge < -0.3 is 0 Å². The monoisotopic (exact) mass is 216 g/mol. The maximum atomic E-state index is 12.4. The zero-order chi connectivity index (χ0) is 11.5. The van der Waals surface area contributed by atoms with Crippen LogP contribution in [0.1, 0.15) is 37.3 Å². The summed E-state index contributed by atoms with van der Waals surface area (Å²) < 4.78 is 37.3. The van der Waals surface area contributed by atoms with Gasteiger partial charge in [0.05, 0.1) is 5.92 Å². The van der Waals surface area contributed by atoms with Crippen molar-refractivity contribution in [2.75, 3.05) is 0 Å². The molecule has 0 radical (unpaired) electrons. The van der Waals surface area contributed by atoms with Gasteiger partial charge in [0.15, 0.2) is 0 Å². The maximum absolute atomic E-state index is 12.4. The minimum atomic E-state index is -4.08. The molecule has 0 aliphatic heterocycles. The zero-order valence-electron chi connectivity index (χ0n) is 8.93. The lowest BCUT2D eigenvalue weighted by atomic mass is 10.0. The summed E-state index contributed by atoms with van der Waals surface area (Å²) in [5.74, 6) is -1.23. The van der Waals surface area contributed by atoms with E-state index in [0.29, 0.717) is 12.0 Å². The molecule has 15 heavy (non-hydrogen) atoms. The van der Waals surface area contributed by atoms with Crippen molar-refractivity contribution < 1.29 is 13.2 Å². The van der Waals surface area contributed by atoms with Gasteiger partial charge in [-0.15, -0.1) is 0 Å². The summed E-state index contributed by atoms with van der Waals surface area (Å²) >= 11 is 0. The van der Waals surface area contributed by atoms with Gasteiger partial charge in [0.1, 0.15) is 0 Å². The van der Waals surface area contributed by atoms with Gasteiger partial charge in [-0.2, -0.15) is 13.2 Å². The van der Waals surface area contributed by atoms with Gasteiger partial charge in [-0.1, -0.05) is 38.1 Å². The van der Waals surface area contributed by atoms with Crippen LogP contribution in [0.4, 0.5) is 13.2 Å². The van der Waals surface area contributed by atoms with Crippen LogP contribution in [0.15, 0.2) is 24.3 Å². The average Bonchev–Trinajstić information content (AvgIpc) is 2.63. The highest BCUT2D eigenvalue weighted by Crippen LogP contribution is 2.43. The van der Waals surface area contributed by atoms with E-state index in [1.807, 2.05) is 13.8 Å². The van der Waals surface area contributed by atoms with Crippen molar-refractivity contribution >= 4 is 0 Å². The Kier molecular flexibility index (Phi) is 3.77. The first-order valence-corrected chi connectivity index (χ1v) is 5.23. The normalized spacial score (nSPS) is 19.1. The zero-order valence-corrected chi connectivity index (χ0v) is 8.93. The summed E-state index contributed by atoms with van der Waals surface area (Å²) in [4.78, 5) is 0. The van der Waals surface area contributed by atoms with Crippen molar-refractivity contribution in [2.24, 2.45) is 0 Å². The molecule has 0 heterocycles. The molecule has 0 saturated heterocycles. The summed E-state index contributed by atoms with van der Waals surface area (Å²) in [6.07, 6.45) is -3.31. The third-order valence-electron chi connectivity index (χ3n) is 2.53. The summed E-state index contributed by atoms with van der Waals surface area (Å²) in [6, 6.07) is 6.82. The largest absolute Gasteiger partial charge is 0.395 e. The second-order valence-corrected chi connectivity index (χ2v) is 3.33. The first-order valence-electron chi connectivity index (χ1n) is 5.23. The van der Waals surface area contributed by atoms with E-state index in [2.05, 4.69) is 0 Å². The van der Waals surface area contributed by atoms with Crippen molar-refractivity contribution in [1.29, 1.82) is 0 Å². The molecule has 2 rings (SSSR count). The Labute approximate surface area is 88.1 Å². The highest BCUT2D eigenvalue weighted by molar-refractivity contribution is 5.35. The SMILES string of the molecule is CC.FC(F)(F)C1CCc2ccccc21. The molecule has 1 aliphatic carbocycles. The fourth-order valence-corrected chi connectivity index (χ4v) is 1.90. The Morgan fingerprint density at radius 3 is 2.33 bits per heavy atom. The van der Waals surface area contributed by atoms with E-state index in [1.54, 1.807) is 24.3 Å². The van der Waals surface area contributed by atoms with E-state index < -0.39 is 12.1 Å². The quantitative estimate of drug-likeness (QED) is 0.606. The standard InChI is InChI=1S/C10H9F3.C2H6/c11-10(12,13)9-6-5-7-3-1-2-4-8(7)9;1-2/h1-4,9H,5-6H2;1-2H3. The van der Waals surface area contributed by atoms with Crippen molar-refractivity contribution in [3.8, 4) is 0 Å². The van der Waals surface area contributed by atoms with E-state index in [4.69, 9.17) is 0 Å². The highest BCUT2D eigenvalue weighted by atomic mass is 19.4. The smallest absolute Gasteiger partial charge is 0.170 e. The molecule has 3 heteroatoms. The fourth-order valence-electron chi connectivity index (χ4n) is 1.90. The molecule has 0 aromatic heterocycles. The number of rotatable bonds is 0. The predicted molar refractivity (Wildman–Crippen MR) is 54.9 cm³/mol. The minimum absolute atomic E-state index is 0.211. The van der Waals surface area contributed by atoms with Crippen LogP contribution < -0.4 is 0 Å². The van der Waals surface area contributed by atoms with Crippen LogP contribution in [-0.4, -0.2) is 6.18 Å².